The highest BCUT2D eigenvalue weighted by atomic mass is 32.2. The van der Waals surface area contributed by atoms with E-state index in [1.54, 1.807) is 6.08 Å². The number of hydrogen-bond acceptors (Lipinski definition) is 4. The van der Waals surface area contributed by atoms with Crippen LogP contribution in [0.4, 0.5) is 0 Å². The van der Waals surface area contributed by atoms with Gasteiger partial charge in [-0.05, 0) is 25.7 Å². The van der Waals surface area contributed by atoms with E-state index < -0.39 is 28.0 Å². The van der Waals surface area contributed by atoms with E-state index in [2.05, 4.69) is 31.3 Å². The SMILES string of the molecule is CCCC/C=C/CC/C=C/C(O)C(CS(=O)(=O)O)NC(=O)CCCCCCCCCCCCCCCC. The monoisotopic (exact) mass is 543 g/mol. The quantitative estimate of drug-likeness (QED) is 0.0590. The van der Waals surface area contributed by atoms with Crippen molar-refractivity contribution in [3.8, 4) is 0 Å². The number of carbonyl (C=O) groups is 1. The Kier molecular flexibility index (Phi) is 24.3. The van der Waals surface area contributed by atoms with Crippen molar-refractivity contribution in [3.63, 3.8) is 0 Å². The van der Waals surface area contributed by atoms with Crippen molar-refractivity contribution in [2.45, 2.75) is 154 Å². The van der Waals surface area contributed by atoms with Crippen molar-refractivity contribution in [2.75, 3.05) is 5.75 Å². The van der Waals surface area contributed by atoms with Gasteiger partial charge in [0.1, 0.15) is 0 Å². The fraction of sp³-hybridized carbons (Fsp3) is 0.833. The summed E-state index contributed by atoms with van der Waals surface area (Å²) in [4.78, 5) is 12.3. The molecule has 2 unspecified atom stereocenters. The van der Waals surface area contributed by atoms with Crippen LogP contribution in [0.3, 0.4) is 0 Å². The maximum Gasteiger partial charge on any atom is 0.267 e. The predicted octanol–water partition coefficient (Wildman–Crippen LogP) is 7.67. The second-order valence-electron chi connectivity index (χ2n) is 10.4. The average Bonchev–Trinajstić information content (AvgIpc) is 2.84. The zero-order chi connectivity index (χ0) is 27.6. The van der Waals surface area contributed by atoms with E-state index in [4.69, 9.17) is 0 Å². The lowest BCUT2D eigenvalue weighted by Gasteiger charge is -2.21. The summed E-state index contributed by atoms with van der Waals surface area (Å²) in [7, 11) is -4.33. The molecule has 37 heavy (non-hydrogen) atoms. The Balaban J connectivity index is 4.05. The summed E-state index contributed by atoms with van der Waals surface area (Å²) in [6, 6.07) is -1.06. The summed E-state index contributed by atoms with van der Waals surface area (Å²) >= 11 is 0. The minimum Gasteiger partial charge on any atom is -0.387 e. The first-order valence-corrected chi connectivity index (χ1v) is 16.6. The molecule has 0 heterocycles. The van der Waals surface area contributed by atoms with Crippen molar-refractivity contribution < 1.29 is 22.9 Å². The first kappa shape index (κ1) is 35.8. The topological polar surface area (TPSA) is 104 Å². The van der Waals surface area contributed by atoms with Gasteiger partial charge >= 0.3 is 0 Å². The molecule has 0 spiro atoms. The summed E-state index contributed by atoms with van der Waals surface area (Å²) in [5.41, 5.74) is 0. The van der Waals surface area contributed by atoms with E-state index >= 15 is 0 Å². The summed E-state index contributed by atoms with van der Waals surface area (Å²) in [5, 5.41) is 13.0. The van der Waals surface area contributed by atoms with Crippen LogP contribution in [0.15, 0.2) is 24.3 Å². The number of aliphatic hydroxyl groups excluding tert-OH is 1. The van der Waals surface area contributed by atoms with Crippen LogP contribution in [0.25, 0.3) is 0 Å². The molecule has 0 radical (unpaired) electrons. The summed E-state index contributed by atoms with van der Waals surface area (Å²) < 4.78 is 32.0. The van der Waals surface area contributed by atoms with Gasteiger partial charge in [-0.1, -0.05) is 134 Å². The van der Waals surface area contributed by atoms with Gasteiger partial charge in [0.15, 0.2) is 0 Å². The molecule has 0 bridgehead atoms. The van der Waals surface area contributed by atoms with Crippen LogP contribution in [-0.2, 0) is 14.9 Å². The molecule has 0 aromatic carbocycles. The predicted molar refractivity (Wildman–Crippen MR) is 156 cm³/mol. The zero-order valence-electron chi connectivity index (χ0n) is 23.8. The number of aliphatic hydroxyl groups is 1. The van der Waals surface area contributed by atoms with Gasteiger partial charge in [-0.25, -0.2) is 0 Å². The number of rotatable bonds is 26. The van der Waals surface area contributed by atoms with Gasteiger partial charge in [0, 0.05) is 6.42 Å². The second-order valence-corrected chi connectivity index (χ2v) is 11.9. The van der Waals surface area contributed by atoms with E-state index in [0.29, 0.717) is 12.8 Å². The van der Waals surface area contributed by atoms with Gasteiger partial charge in [-0.2, -0.15) is 8.42 Å². The molecule has 0 aliphatic heterocycles. The van der Waals surface area contributed by atoms with Crippen LogP contribution >= 0.6 is 0 Å². The number of hydrogen-bond donors (Lipinski definition) is 3. The number of carbonyl (C=O) groups excluding carboxylic acids is 1. The molecule has 0 saturated heterocycles. The Morgan fingerprint density at radius 3 is 1.68 bits per heavy atom. The maximum absolute atomic E-state index is 12.3. The molecule has 0 fully saturated rings. The van der Waals surface area contributed by atoms with Crippen LogP contribution in [0.2, 0.25) is 0 Å². The molecule has 2 atom stereocenters. The molecular weight excluding hydrogens is 486 g/mol. The van der Waals surface area contributed by atoms with E-state index in [0.717, 1.165) is 38.5 Å². The van der Waals surface area contributed by atoms with Gasteiger partial charge in [-0.3, -0.25) is 9.35 Å². The molecule has 218 valence electrons. The third-order valence-corrected chi connectivity index (χ3v) is 7.41. The molecule has 6 nitrogen and oxygen atoms in total. The smallest absolute Gasteiger partial charge is 0.267 e. The Morgan fingerprint density at radius 1 is 0.703 bits per heavy atom. The lowest BCUT2D eigenvalue weighted by Crippen LogP contribution is -2.46. The second kappa shape index (κ2) is 25.1. The number of allylic oxidation sites excluding steroid dienone is 3. The lowest BCUT2D eigenvalue weighted by molar-refractivity contribution is -0.122. The third kappa shape index (κ3) is 26.2. The Hall–Kier alpha value is -1.18. The van der Waals surface area contributed by atoms with Crippen LogP contribution in [0.5, 0.6) is 0 Å². The third-order valence-electron chi connectivity index (χ3n) is 6.63. The molecule has 0 aromatic heterocycles. The molecule has 0 aliphatic rings. The molecule has 0 saturated carbocycles. The first-order chi connectivity index (χ1) is 17.8. The lowest BCUT2D eigenvalue weighted by atomic mass is 10.0. The van der Waals surface area contributed by atoms with Crippen molar-refractivity contribution in [3.05, 3.63) is 24.3 Å². The molecule has 0 rings (SSSR count). The standard InChI is InChI=1S/C30H57NO5S/c1-3-5-7-9-11-13-14-15-16-17-18-20-22-24-26-30(33)31-28(27-37(34,35)36)29(32)25-23-21-19-12-10-8-6-4-2/h10,12,23,25,28-29,32H,3-9,11,13-22,24,26-27H2,1-2H3,(H,31,33)(H,34,35,36)/b12-10+,25-23+. The van der Waals surface area contributed by atoms with E-state index in [9.17, 15) is 22.9 Å². The molecule has 7 heteroatoms. The van der Waals surface area contributed by atoms with Crippen molar-refractivity contribution >= 4 is 16.0 Å². The van der Waals surface area contributed by atoms with Crippen LogP contribution in [0.1, 0.15) is 142 Å². The molecule has 0 aromatic rings. The van der Waals surface area contributed by atoms with Crippen molar-refractivity contribution in [1.29, 1.82) is 0 Å². The summed E-state index contributed by atoms with van der Waals surface area (Å²) in [6.45, 7) is 4.40. The Labute approximate surface area is 228 Å². The van der Waals surface area contributed by atoms with Crippen LogP contribution in [-0.4, -0.2) is 41.9 Å². The highest BCUT2D eigenvalue weighted by molar-refractivity contribution is 7.85. The Bertz CT molecular complexity index is 690. The average molecular weight is 544 g/mol. The molecule has 0 aliphatic carbocycles. The Morgan fingerprint density at radius 2 is 1.16 bits per heavy atom. The van der Waals surface area contributed by atoms with Gasteiger partial charge < -0.3 is 10.4 Å². The van der Waals surface area contributed by atoms with Gasteiger partial charge in [-0.15, -0.1) is 0 Å². The molecule has 1 amide bonds. The van der Waals surface area contributed by atoms with Crippen molar-refractivity contribution in [2.24, 2.45) is 0 Å². The summed E-state index contributed by atoms with van der Waals surface area (Å²) in [5.74, 6) is -1.00. The normalized spacial score (nSPS) is 13.9. The highest BCUT2D eigenvalue weighted by Gasteiger charge is 2.24. The van der Waals surface area contributed by atoms with Gasteiger partial charge in [0.25, 0.3) is 10.1 Å². The summed E-state index contributed by atoms with van der Waals surface area (Å²) in [6.07, 6.45) is 28.9. The first-order valence-electron chi connectivity index (χ1n) is 15.0. The molecular formula is C30H57NO5S. The van der Waals surface area contributed by atoms with Gasteiger partial charge in [0.2, 0.25) is 5.91 Å². The van der Waals surface area contributed by atoms with Crippen LogP contribution in [0, 0.1) is 0 Å². The maximum atomic E-state index is 12.3. The largest absolute Gasteiger partial charge is 0.387 e. The van der Waals surface area contributed by atoms with Crippen molar-refractivity contribution in [1.82, 2.24) is 5.32 Å². The van der Waals surface area contributed by atoms with E-state index in [-0.39, 0.29) is 5.91 Å². The minimum atomic E-state index is -4.33. The number of amides is 1. The van der Waals surface area contributed by atoms with Crippen LogP contribution < -0.4 is 5.32 Å². The fourth-order valence-electron chi connectivity index (χ4n) is 4.33. The van der Waals surface area contributed by atoms with E-state index in [1.165, 1.54) is 83.1 Å². The fourth-order valence-corrected chi connectivity index (χ4v) is 5.07. The minimum absolute atomic E-state index is 0.291. The van der Waals surface area contributed by atoms with Gasteiger partial charge in [0.05, 0.1) is 17.9 Å². The highest BCUT2D eigenvalue weighted by Crippen LogP contribution is 2.13. The van der Waals surface area contributed by atoms with E-state index in [1.807, 2.05) is 0 Å². The number of nitrogens with one attached hydrogen (secondary N) is 1. The number of unbranched alkanes of at least 4 members (excludes halogenated alkanes) is 16. The molecule has 3 N–H and O–H groups in total. The zero-order valence-corrected chi connectivity index (χ0v) is 24.7.